The predicted molar refractivity (Wildman–Crippen MR) is 59.4 cm³/mol. The Morgan fingerprint density at radius 2 is 2.22 bits per heavy atom. The molecule has 0 unspecified atom stereocenters. The summed E-state index contributed by atoms with van der Waals surface area (Å²) in [5.74, 6) is -0.209. The third-order valence-corrected chi connectivity index (χ3v) is 2.16. The Morgan fingerprint density at radius 1 is 1.44 bits per heavy atom. The molecule has 0 aliphatic heterocycles. The zero-order valence-corrected chi connectivity index (χ0v) is 9.49. The Hall–Kier alpha value is -2.00. The van der Waals surface area contributed by atoms with Crippen LogP contribution < -0.4 is 10.2 Å². The maximum Gasteiger partial charge on any atom is 0.492 e. The van der Waals surface area contributed by atoms with Crippen molar-refractivity contribution in [3.63, 3.8) is 0 Å². The highest BCUT2D eigenvalue weighted by Gasteiger charge is 2.18. The Labute approximate surface area is 102 Å². The smallest absolute Gasteiger partial charge is 0.486 e. The van der Waals surface area contributed by atoms with Gasteiger partial charge in [-0.2, -0.15) is 4.80 Å². The summed E-state index contributed by atoms with van der Waals surface area (Å²) in [5, 5.41) is 29.4. The lowest BCUT2D eigenvalue weighted by atomic mass is 9.79. The van der Waals surface area contributed by atoms with E-state index in [4.69, 9.17) is 14.8 Å². The van der Waals surface area contributed by atoms with Crippen LogP contribution in [-0.2, 0) is 13.7 Å². The summed E-state index contributed by atoms with van der Waals surface area (Å²) in [6.07, 6.45) is 0. The first-order chi connectivity index (χ1) is 8.56. The van der Waals surface area contributed by atoms with E-state index in [0.717, 1.165) is 12.1 Å². The summed E-state index contributed by atoms with van der Waals surface area (Å²) < 4.78 is 18.3. The molecule has 2 rings (SSSR count). The molecule has 1 aromatic heterocycles. The van der Waals surface area contributed by atoms with Gasteiger partial charge in [-0.25, -0.2) is 4.39 Å². The molecule has 0 radical (unpaired) electrons. The van der Waals surface area contributed by atoms with Crippen molar-refractivity contribution in [1.82, 2.24) is 20.2 Å². The minimum Gasteiger partial charge on any atom is -0.486 e. The van der Waals surface area contributed by atoms with Crippen molar-refractivity contribution >= 4 is 12.6 Å². The average Bonchev–Trinajstić information content (AvgIpc) is 2.72. The molecule has 7 nitrogen and oxygen atoms in total. The molecule has 0 bridgehead atoms. The van der Waals surface area contributed by atoms with E-state index >= 15 is 0 Å². The maximum absolute atomic E-state index is 13.0. The highest BCUT2D eigenvalue weighted by Crippen LogP contribution is 2.11. The normalized spacial score (nSPS) is 10.4. The number of aryl methyl sites for hydroxylation is 1. The van der Waals surface area contributed by atoms with Crippen LogP contribution in [0.15, 0.2) is 18.2 Å². The highest BCUT2D eigenvalue weighted by molar-refractivity contribution is 6.59. The standard InChI is InChI=1S/C9H10BFN4O3/c1-15-13-9(12-14-15)5-18-8-4-6(11)2-3-7(8)10(16)17/h2-4,16-17H,5H2,1H3. The Balaban J connectivity index is 2.15. The molecule has 0 aliphatic rings. The number of hydrogen-bond acceptors (Lipinski definition) is 6. The van der Waals surface area contributed by atoms with Gasteiger partial charge < -0.3 is 14.8 Å². The molecule has 1 heterocycles. The lowest BCUT2D eigenvalue weighted by molar-refractivity contribution is 0.294. The third-order valence-electron chi connectivity index (χ3n) is 2.16. The monoisotopic (exact) mass is 252 g/mol. The number of rotatable bonds is 4. The number of aromatic nitrogens is 4. The van der Waals surface area contributed by atoms with Crippen molar-refractivity contribution in [2.24, 2.45) is 7.05 Å². The molecule has 0 aliphatic carbocycles. The van der Waals surface area contributed by atoms with Crippen molar-refractivity contribution in [1.29, 1.82) is 0 Å². The van der Waals surface area contributed by atoms with Gasteiger partial charge >= 0.3 is 7.12 Å². The minimum atomic E-state index is -1.74. The van der Waals surface area contributed by atoms with E-state index in [1.165, 1.54) is 10.9 Å². The zero-order chi connectivity index (χ0) is 13.1. The van der Waals surface area contributed by atoms with Crippen molar-refractivity contribution in [2.45, 2.75) is 6.61 Å². The van der Waals surface area contributed by atoms with Gasteiger partial charge in [0.1, 0.15) is 11.6 Å². The van der Waals surface area contributed by atoms with E-state index in [9.17, 15) is 4.39 Å². The molecule has 0 saturated heterocycles. The van der Waals surface area contributed by atoms with E-state index in [-0.39, 0.29) is 17.8 Å². The van der Waals surface area contributed by atoms with E-state index in [1.54, 1.807) is 7.05 Å². The topological polar surface area (TPSA) is 93.3 Å². The molecule has 9 heteroatoms. The second kappa shape index (κ2) is 5.11. The van der Waals surface area contributed by atoms with Crippen LogP contribution in [0.2, 0.25) is 0 Å². The molecule has 0 spiro atoms. The number of nitrogens with zero attached hydrogens (tertiary/aromatic N) is 4. The van der Waals surface area contributed by atoms with Crippen LogP contribution in [0.4, 0.5) is 4.39 Å². The molecule has 2 aromatic rings. The number of halogens is 1. The molecule has 1 aromatic carbocycles. The van der Waals surface area contributed by atoms with E-state index in [1.807, 2.05) is 0 Å². The maximum atomic E-state index is 13.0. The van der Waals surface area contributed by atoms with Gasteiger partial charge in [0.15, 0.2) is 6.61 Å². The number of hydrogen-bond donors (Lipinski definition) is 2. The molecule has 0 fully saturated rings. The second-order valence-electron chi connectivity index (χ2n) is 3.54. The second-order valence-corrected chi connectivity index (χ2v) is 3.54. The SMILES string of the molecule is Cn1nnc(COc2cc(F)ccc2B(O)O)n1. The molecule has 2 N–H and O–H groups in total. The molecular weight excluding hydrogens is 242 g/mol. The summed E-state index contributed by atoms with van der Waals surface area (Å²) in [6.45, 7) is -0.0446. The third kappa shape index (κ3) is 2.82. The van der Waals surface area contributed by atoms with Crippen molar-refractivity contribution in [3.8, 4) is 5.75 Å². The van der Waals surface area contributed by atoms with Crippen LogP contribution in [0.1, 0.15) is 5.82 Å². The summed E-state index contributed by atoms with van der Waals surface area (Å²) in [4.78, 5) is 1.26. The van der Waals surface area contributed by atoms with E-state index < -0.39 is 12.9 Å². The Kier molecular flexibility index (Phi) is 3.54. The predicted octanol–water partition coefficient (Wildman–Crippen LogP) is -1.39. The van der Waals surface area contributed by atoms with E-state index in [0.29, 0.717) is 5.82 Å². The fraction of sp³-hybridized carbons (Fsp3) is 0.222. The van der Waals surface area contributed by atoms with Crippen LogP contribution in [-0.4, -0.2) is 37.4 Å². The molecule has 0 atom stereocenters. The zero-order valence-electron chi connectivity index (χ0n) is 9.49. The van der Waals surface area contributed by atoms with Crippen LogP contribution in [0.25, 0.3) is 0 Å². The number of ether oxygens (including phenoxy) is 1. The van der Waals surface area contributed by atoms with Gasteiger partial charge in [-0.15, -0.1) is 10.2 Å². The Bertz CT molecular complexity index is 548. The van der Waals surface area contributed by atoms with Gasteiger partial charge in [0.05, 0.1) is 7.05 Å². The molecule has 94 valence electrons. The fourth-order valence-electron chi connectivity index (χ4n) is 1.37. The summed E-state index contributed by atoms with van der Waals surface area (Å²) >= 11 is 0. The van der Waals surface area contributed by atoms with Gasteiger partial charge in [-0.1, -0.05) is 6.07 Å². The number of tetrazole rings is 1. The lowest BCUT2D eigenvalue weighted by Crippen LogP contribution is -2.31. The molecule has 18 heavy (non-hydrogen) atoms. The van der Waals surface area contributed by atoms with Crippen LogP contribution in [0, 0.1) is 5.82 Å². The quantitative estimate of drug-likeness (QED) is 0.650. The van der Waals surface area contributed by atoms with Crippen molar-refractivity contribution < 1.29 is 19.2 Å². The van der Waals surface area contributed by atoms with Crippen molar-refractivity contribution in [2.75, 3.05) is 0 Å². The van der Waals surface area contributed by atoms with Gasteiger partial charge in [0, 0.05) is 11.5 Å². The van der Waals surface area contributed by atoms with Crippen LogP contribution >= 0.6 is 0 Å². The molecular formula is C9H10BFN4O3. The first-order valence-electron chi connectivity index (χ1n) is 5.07. The number of benzene rings is 1. The average molecular weight is 252 g/mol. The first kappa shape index (κ1) is 12.5. The van der Waals surface area contributed by atoms with Gasteiger partial charge in [0.25, 0.3) is 0 Å². The van der Waals surface area contributed by atoms with E-state index in [2.05, 4.69) is 15.4 Å². The molecule has 0 saturated carbocycles. The lowest BCUT2D eigenvalue weighted by Gasteiger charge is -2.09. The fourth-order valence-corrected chi connectivity index (χ4v) is 1.37. The Morgan fingerprint density at radius 3 is 2.83 bits per heavy atom. The molecule has 0 amide bonds. The van der Waals surface area contributed by atoms with Crippen LogP contribution in [0.5, 0.6) is 5.75 Å². The highest BCUT2D eigenvalue weighted by atomic mass is 19.1. The van der Waals surface area contributed by atoms with Crippen molar-refractivity contribution in [3.05, 3.63) is 29.8 Å². The van der Waals surface area contributed by atoms with Gasteiger partial charge in [0.2, 0.25) is 5.82 Å². The van der Waals surface area contributed by atoms with Crippen LogP contribution in [0.3, 0.4) is 0 Å². The first-order valence-corrected chi connectivity index (χ1v) is 5.07. The summed E-state index contributed by atoms with van der Waals surface area (Å²) in [7, 11) is -0.142. The largest absolute Gasteiger partial charge is 0.492 e. The van der Waals surface area contributed by atoms with Gasteiger partial charge in [-0.3, -0.25) is 0 Å². The summed E-state index contributed by atoms with van der Waals surface area (Å²) in [5.41, 5.74) is 0.0697. The minimum absolute atomic E-state index is 0.0254. The van der Waals surface area contributed by atoms with Gasteiger partial charge in [-0.05, 0) is 11.3 Å². The summed E-state index contributed by atoms with van der Waals surface area (Å²) in [6, 6.07) is 3.41.